The number of H-pyrrole nitrogens is 1. The van der Waals surface area contributed by atoms with Crippen LogP contribution >= 0.6 is 11.6 Å². The lowest BCUT2D eigenvalue weighted by Crippen LogP contribution is -2.12. The Labute approximate surface area is 119 Å². The van der Waals surface area contributed by atoms with E-state index in [-0.39, 0.29) is 11.7 Å². The average molecular weight is 289 g/mol. The molecular formula is C15H10ClFN2O. The maximum Gasteiger partial charge on any atom is 0.272 e. The molecule has 0 spiro atoms. The fourth-order valence-corrected chi connectivity index (χ4v) is 2.20. The lowest BCUT2D eigenvalue weighted by Gasteiger charge is -2.03. The molecule has 3 rings (SSSR count). The van der Waals surface area contributed by atoms with Crippen LogP contribution in [0.15, 0.2) is 48.5 Å². The molecule has 2 aromatic carbocycles. The predicted octanol–water partition coefficient (Wildman–Crippen LogP) is 4.21. The Morgan fingerprint density at radius 3 is 2.60 bits per heavy atom. The van der Waals surface area contributed by atoms with Crippen molar-refractivity contribution in [2.24, 2.45) is 0 Å². The van der Waals surface area contributed by atoms with Gasteiger partial charge in [0, 0.05) is 11.1 Å². The van der Waals surface area contributed by atoms with E-state index in [9.17, 15) is 9.18 Å². The fourth-order valence-electron chi connectivity index (χ4n) is 1.97. The number of hydrogen-bond acceptors (Lipinski definition) is 1. The molecule has 0 atom stereocenters. The second kappa shape index (κ2) is 4.98. The van der Waals surface area contributed by atoms with E-state index >= 15 is 0 Å². The summed E-state index contributed by atoms with van der Waals surface area (Å²) in [5, 5.41) is 4.11. The third kappa shape index (κ3) is 2.38. The molecule has 3 nitrogen and oxygen atoms in total. The van der Waals surface area contributed by atoms with E-state index in [0.29, 0.717) is 16.4 Å². The quantitative estimate of drug-likeness (QED) is 0.729. The number of carbonyl (C=O) groups excluding carboxylic acids is 1. The number of anilines is 1. The van der Waals surface area contributed by atoms with E-state index in [0.717, 1.165) is 10.9 Å². The molecule has 0 radical (unpaired) electrons. The minimum Gasteiger partial charge on any atom is -0.349 e. The van der Waals surface area contributed by atoms with Crippen LogP contribution in [0.1, 0.15) is 10.5 Å². The molecular weight excluding hydrogens is 279 g/mol. The minimum absolute atomic E-state index is 0.302. The molecule has 0 saturated heterocycles. The molecule has 100 valence electrons. The summed E-state index contributed by atoms with van der Waals surface area (Å²) in [5.74, 6) is -0.649. The molecule has 0 aliphatic carbocycles. The summed E-state index contributed by atoms with van der Waals surface area (Å²) < 4.78 is 12.8. The summed E-state index contributed by atoms with van der Waals surface area (Å²) in [6.45, 7) is 0. The summed E-state index contributed by atoms with van der Waals surface area (Å²) in [7, 11) is 0. The molecule has 1 amide bonds. The molecule has 0 bridgehead atoms. The Bertz CT molecular complexity index is 780. The van der Waals surface area contributed by atoms with Crippen molar-refractivity contribution in [2.45, 2.75) is 0 Å². The number of aromatic nitrogens is 1. The van der Waals surface area contributed by atoms with E-state index in [1.54, 1.807) is 12.1 Å². The van der Waals surface area contributed by atoms with E-state index in [4.69, 9.17) is 11.6 Å². The Morgan fingerprint density at radius 2 is 1.90 bits per heavy atom. The molecule has 20 heavy (non-hydrogen) atoms. The van der Waals surface area contributed by atoms with Crippen molar-refractivity contribution in [2.75, 3.05) is 5.32 Å². The van der Waals surface area contributed by atoms with E-state index in [2.05, 4.69) is 10.3 Å². The average Bonchev–Trinajstić information content (AvgIpc) is 2.87. The lowest BCUT2D eigenvalue weighted by molar-refractivity contribution is 0.102. The molecule has 1 heterocycles. The molecule has 0 aliphatic heterocycles. The van der Waals surface area contributed by atoms with Gasteiger partial charge in [-0.15, -0.1) is 0 Å². The summed E-state index contributed by atoms with van der Waals surface area (Å²) >= 11 is 6.05. The zero-order valence-corrected chi connectivity index (χ0v) is 11.0. The topological polar surface area (TPSA) is 44.9 Å². The second-order valence-electron chi connectivity index (χ2n) is 4.35. The van der Waals surface area contributed by atoms with Gasteiger partial charge in [-0.05, 0) is 36.4 Å². The zero-order chi connectivity index (χ0) is 14.1. The van der Waals surface area contributed by atoms with Crippen LogP contribution in [-0.4, -0.2) is 10.9 Å². The summed E-state index contributed by atoms with van der Waals surface area (Å²) in [5.41, 5.74) is 1.65. The number of halogens is 2. The zero-order valence-electron chi connectivity index (χ0n) is 10.3. The Morgan fingerprint density at radius 1 is 1.15 bits per heavy atom. The number of nitrogens with one attached hydrogen (secondary N) is 2. The highest BCUT2D eigenvalue weighted by Gasteiger charge is 2.11. The number of amides is 1. The van der Waals surface area contributed by atoms with Gasteiger partial charge in [-0.1, -0.05) is 23.7 Å². The highest BCUT2D eigenvalue weighted by molar-refractivity contribution is 6.35. The molecule has 2 N–H and O–H groups in total. The van der Waals surface area contributed by atoms with Gasteiger partial charge in [0.05, 0.1) is 10.5 Å². The van der Waals surface area contributed by atoms with Crippen molar-refractivity contribution < 1.29 is 9.18 Å². The first kappa shape index (κ1) is 12.7. The number of carbonyl (C=O) groups is 1. The number of fused-ring (bicyclic) bond motifs is 1. The number of para-hydroxylation sites is 1. The van der Waals surface area contributed by atoms with Gasteiger partial charge >= 0.3 is 0 Å². The highest BCUT2D eigenvalue weighted by Crippen LogP contribution is 2.23. The van der Waals surface area contributed by atoms with Crippen LogP contribution in [0.4, 0.5) is 10.1 Å². The molecule has 3 aromatic rings. The van der Waals surface area contributed by atoms with Crippen LogP contribution in [0.25, 0.3) is 10.9 Å². The maximum atomic E-state index is 12.8. The van der Waals surface area contributed by atoms with Crippen molar-refractivity contribution >= 4 is 34.1 Å². The molecule has 0 saturated carbocycles. The Hall–Kier alpha value is -2.33. The van der Waals surface area contributed by atoms with Gasteiger partial charge < -0.3 is 10.3 Å². The lowest BCUT2D eigenvalue weighted by atomic mass is 10.2. The minimum atomic E-state index is -0.347. The van der Waals surface area contributed by atoms with Crippen molar-refractivity contribution in [3.63, 3.8) is 0 Å². The van der Waals surface area contributed by atoms with Crippen LogP contribution in [0, 0.1) is 5.82 Å². The van der Waals surface area contributed by atoms with Crippen LogP contribution < -0.4 is 5.32 Å². The SMILES string of the molecule is O=C(Nc1ccc(F)cc1)c1cc2cccc(Cl)c2[nH]1. The first-order valence-electron chi connectivity index (χ1n) is 5.97. The first-order valence-corrected chi connectivity index (χ1v) is 6.35. The fraction of sp³-hybridized carbons (Fsp3) is 0. The van der Waals surface area contributed by atoms with Gasteiger partial charge in [-0.25, -0.2) is 4.39 Å². The Balaban J connectivity index is 1.89. The van der Waals surface area contributed by atoms with Gasteiger partial charge in [0.1, 0.15) is 11.5 Å². The Kier molecular flexibility index (Phi) is 3.16. The summed E-state index contributed by atoms with van der Waals surface area (Å²) in [6, 6.07) is 12.7. The van der Waals surface area contributed by atoms with Gasteiger partial charge in [0.15, 0.2) is 0 Å². The van der Waals surface area contributed by atoms with E-state index < -0.39 is 0 Å². The molecule has 0 fully saturated rings. The summed E-state index contributed by atoms with van der Waals surface area (Å²) in [6.07, 6.45) is 0. The molecule has 5 heteroatoms. The number of aromatic amines is 1. The van der Waals surface area contributed by atoms with Crippen LogP contribution in [-0.2, 0) is 0 Å². The smallest absolute Gasteiger partial charge is 0.272 e. The van der Waals surface area contributed by atoms with Crippen LogP contribution in [0.3, 0.4) is 0 Å². The largest absolute Gasteiger partial charge is 0.349 e. The van der Waals surface area contributed by atoms with E-state index in [1.165, 1.54) is 24.3 Å². The maximum absolute atomic E-state index is 12.8. The standard InChI is InChI=1S/C15H10ClFN2O/c16-12-3-1-2-9-8-13(19-14(9)12)15(20)18-11-6-4-10(17)5-7-11/h1-8,19H,(H,18,20). The van der Waals surface area contributed by atoms with Crippen molar-refractivity contribution in [1.29, 1.82) is 0 Å². The van der Waals surface area contributed by atoms with Crippen molar-refractivity contribution in [3.05, 3.63) is 65.1 Å². The van der Waals surface area contributed by atoms with Gasteiger partial charge in [-0.2, -0.15) is 0 Å². The first-order chi connectivity index (χ1) is 9.63. The monoisotopic (exact) mass is 288 g/mol. The van der Waals surface area contributed by atoms with Gasteiger partial charge in [0.25, 0.3) is 5.91 Å². The van der Waals surface area contributed by atoms with Gasteiger partial charge in [0.2, 0.25) is 0 Å². The molecule has 1 aromatic heterocycles. The van der Waals surface area contributed by atoms with Crippen LogP contribution in [0.5, 0.6) is 0 Å². The molecule has 0 aliphatic rings. The van der Waals surface area contributed by atoms with Gasteiger partial charge in [-0.3, -0.25) is 4.79 Å². The van der Waals surface area contributed by atoms with E-state index in [1.807, 2.05) is 12.1 Å². The molecule has 0 unspecified atom stereocenters. The second-order valence-corrected chi connectivity index (χ2v) is 4.76. The number of rotatable bonds is 2. The van der Waals surface area contributed by atoms with Crippen molar-refractivity contribution in [1.82, 2.24) is 4.98 Å². The number of hydrogen-bond donors (Lipinski definition) is 2. The highest BCUT2D eigenvalue weighted by atomic mass is 35.5. The predicted molar refractivity (Wildman–Crippen MR) is 77.7 cm³/mol. The third-order valence-corrected chi connectivity index (χ3v) is 3.27. The number of benzene rings is 2. The van der Waals surface area contributed by atoms with Crippen LogP contribution in [0.2, 0.25) is 5.02 Å². The normalized spacial score (nSPS) is 10.7. The summed E-state index contributed by atoms with van der Waals surface area (Å²) in [4.78, 5) is 15.1. The third-order valence-electron chi connectivity index (χ3n) is 2.95. The van der Waals surface area contributed by atoms with Crippen molar-refractivity contribution in [3.8, 4) is 0 Å².